The third-order valence-electron chi connectivity index (χ3n) is 4.59. The summed E-state index contributed by atoms with van der Waals surface area (Å²) >= 11 is 0. The molecule has 1 aliphatic heterocycles. The number of hydrogen-bond donors (Lipinski definition) is 1. The van der Waals surface area contributed by atoms with Gasteiger partial charge in [-0.3, -0.25) is 9.52 Å². The van der Waals surface area contributed by atoms with Gasteiger partial charge in [0.1, 0.15) is 5.82 Å². The number of nitrogens with zero attached hydrogens (tertiary/aromatic N) is 2. The maximum Gasteiger partial charge on any atom is 0.242 e. The van der Waals surface area contributed by atoms with E-state index in [2.05, 4.69) is 9.82 Å². The standard InChI is InChI=1S/C20H22FN3O3S/c1-3-20(25)24-19(15-5-9-16(21)10-6-15)13-18(22-24)14-7-11-17(12-8-14)23-28(26,27)4-2/h5-12,19,23H,3-4,13H2,1-2H3/t19-/m0/s1. The Kier molecular flexibility index (Phi) is 5.79. The normalized spacial score (nSPS) is 16.8. The minimum Gasteiger partial charge on any atom is -0.284 e. The molecule has 1 atom stereocenters. The van der Waals surface area contributed by atoms with Gasteiger partial charge in [-0.1, -0.05) is 31.2 Å². The highest BCUT2D eigenvalue weighted by Crippen LogP contribution is 2.33. The molecule has 1 N–H and O–H groups in total. The summed E-state index contributed by atoms with van der Waals surface area (Å²) in [6.07, 6.45) is 0.809. The molecule has 6 nitrogen and oxygen atoms in total. The largest absolute Gasteiger partial charge is 0.284 e. The highest BCUT2D eigenvalue weighted by atomic mass is 32.2. The Morgan fingerprint density at radius 3 is 2.36 bits per heavy atom. The molecule has 0 spiro atoms. The molecule has 0 aliphatic carbocycles. The fourth-order valence-corrected chi connectivity index (χ4v) is 3.64. The Morgan fingerprint density at radius 1 is 1.14 bits per heavy atom. The Morgan fingerprint density at radius 2 is 1.79 bits per heavy atom. The fourth-order valence-electron chi connectivity index (χ4n) is 3.00. The van der Waals surface area contributed by atoms with Crippen molar-refractivity contribution in [2.45, 2.75) is 32.7 Å². The van der Waals surface area contributed by atoms with Crippen LogP contribution in [0, 0.1) is 5.82 Å². The summed E-state index contributed by atoms with van der Waals surface area (Å²) in [5.41, 5.74) is 2.81. The zero-order chi connectivity index (χ0) is 20.3. The number of hydrogen-bond acceptors (Lipinski definition) is 4. The van der Waals surface area contributed by atoms with Crippen LogP contribution in [0.1, 0.15) is 43.9 Å². The molecule has 0 fully saturated rings. The van der Waals surface area contributed by atoms with Gasteiger partial charge in [-0.05, 0) is 42.3 Å². The van der Waals surface area contributed by atoms with Crippen LogP contribution in [0.4, 0.5) is 10.1 Å². The molecule has 0 aromatic heterocycles. The van der Waals surface area contributed by atoms with Crippen LogP contribution >= 0.6 is 0 Å². The molecule has 1 aliphatic rings. The predicted molar refractivity (Wildman–Crippen MR) is 107 cm³/mol. The van der Waals surface area contributed by atoms with E-state index in [1.54, 1.807) is 50.2 Å². The lowest BCUT2D eigenvalue weighted by molar-refractivity contribution is -0.132. The van der Waals surface area contributed by atoms with Crippen LogP contribution in [0.15, 0.2) is 53.6 Å². The highest BCUT2D eigenvalue weighted by Gasteiger charge is 2.32. The SMILES string of the molecule is CCC(=O)N1N=C(c2ccc(NS(=O)(=O)CC)cc2)C[C@H]1c1ccc(F)cc1. The number of halogens is 1. The van der Waals surface area contributed by atoms with Crippen LogP contribution in [-0.4, -0.2) is 30.8 Å². The fraction of sp³-hybridized carbons (Fsp3) is 0.300. The van der Waals surface area contributed by atoms with Gasteiger partial charge in [0.2, 0.25) is 15.9 Å². The second-order valence-corrected chi connectivity index (χ2v) is 8.50. The molecule has 3 rings (SSSR count). The molecular weight excluding hydrogens is 381 g/mol. The van der Waals surface area contributed by atoms with Crippen molar-refractivity contribution in [1.29, 1.82) is 0 Å². The topological polar surface area (TPSA) is 78.8 Å². The van der Waals surface area contributed by atoms with Crippen LogP contribution in [0.5, 0.6) is 0 Å². The molecule has 2 aromatic rings. The molecule has 28 heavy (non-hydrogen) atoms. The average molecular weight is 403 g/mol. The zero-order valence-corrected chi connectivity index (χ0v) is 16.5. The first-order valence-corrected chi connectivity index (χ1v) is 10.7. The summed E-state index contributed by atoms with van der Waals surface area (Å²) in [5.74, 6) is -0.451. The lowest BCUT2D eigenvalue weighted by Crippen LogP contribution is -2.26. The third kappa shape index (κ3) is 4.39. The number of nitrogens with one attached hydrogen (secondary N) is 1. The summed E-state index contributed by atoms with van der Waals surface area (Å²) in [6, 6.07) is 12.7. The third-order valence-corrected chi connectivity index (χ3v) is 5.90. The maximum absolute atomic E-state index is 13.3. The number of carbonyl (C=O) groups excluding carboxylic acids is 1. The van der Waals surface area contributed by atoms with Crippen molar-refractivity contribution < 1.29 is 17.6 Å². The van der Waals surface area contributed by atoms with Crippen molar-refractivity contribution >= 4 is 27.3 Å². The lowest BCUT2D eigenvalue weighted by atomic mass is 9.98. The number of amides is 1. The van der Waals surface area contributed by atoms with Gasteiger partial charge in [0.25, 0.3) is 0 Å². The molecular formula is C20H22FN3O3S. The lowest BCUT2D eigenvalue weighted by Gasteiger charge is -2.21. The summed E-state index contributed by atoms with van der Waals surface area (Å²) < 4.78 is 39.1. The van der Waals surface area contributed by atoms with Gasteiger partial charge in [-0.15, -0.1) is 0 Å². The van der Waals surface area contributed by atoms with E-state index in [0.717, 1.165) is 16.8 Å². The monoisotopic (exact) mass is 403 g/mol. The van der Waals surface area contributed by atoms with E-state index in [9.17, 15) is 17.6 Å². The van der Waals surface area contributed by atoms with Gasteiger partial charge in [-0.2, -0.15) is 5.10 Å². The van der Waals surface area contributed by atoms with Crippen LogP contribution in [0.25, 0.3) is 0 Å². The summed E-state index contributed by atoms with van der Waals surface area (Å²) in [5, 5.41) is 5.95. The van der Waals surface area contributed by atoms with Crippen molar-refractivity contribution in [3.63, 3.8) is 0 Å². The molecule has 148 valence electrons. The van der Waals surface area contributed by atoms with Crippen molar-refractivity contribution in [1.82, 2.24) is 5.01 Å². The zero-order valence-electron chi connectivity index (χ0n) is 15.7. The van der Waals surface area contributed by atoms with E-state index >= 15 is 0 Å². The Hall–Kier alpha value is -2.74. The van der Waals surface area contributed by atoms with Crippen molar-refractivity contribution in [3.05, 3.63) is 65.5 Å². The van der Waals surface area contributed by atoms with Crippen LogP contribution in [0.2, 0.25) is 0 Å². The number of carbonyl (C=O) groups is 1. The second-order valence-electron chi connectivity index (χ2n) is 6.49. The first-order chi connectivity index (χ1) is 13.3. The van der Waals surface area contributed by atoms with E-state index in [-0.39, 0.29) is 23.5 Å². The highest BCUT2D eigenvalue weighted by molar-refractivity contribution is 7.92. The maximum atomic E-state index is 13.3. The molecule has 1 heterocycles. The van der Waals surface area contributed by atoms with Gasteiger partial charge >= 0.3 is 0 Å². The number of sulfonamides is 1. The number of hydrazone groups is 1. The predicted octanol–water partition coefficient (Wildman–Crippen LogP) is 3.68. The molecule has 1 amide bonds. The molecule has 0 radical (unpaired) electrons. The minimum atomic E-state index is -3.34. The smallest absolute Gasteiger partial charge is 0.242 e. The first kappa shape index (κ1) is 20.0. The summed E-state index contributed by atoms with van der Waals surface area (Å²) in [6.45, 7) is 3.34. The van der Waals surface area contributed by atoms with Crippen LogP contribution < -0.4 is 4.72 Å². The van der Waals surface area contributed by atoms with E-state index in [0.29, 0.717) is 18.5 Å². The quantitative estimate of drug-likeness (QED) is 0.799. The minimum absolute atomic E-state index is 0.00506. The average Bonchev–Trinajstić information content (AvgIpc) is 3.13. The van der Waals surface area contributed by atoms with Crippen molar-refractivity contribution in [2.24, 2.45) is 5.10 Å². The Labute approximate surface area is 164 Å². The van der Waals surface area contributed by atoms with E-state index in [1.807, 2.05) is 0 Å². The second kappa shape index (κ2) is 8.10. The Bertz CT molecular complexity index is 986. The molecule has 0 saturated carbocycles. The molecule has 0 unspecified atom stereocenters. The van der Waals surface area contributed by atoms with Crippen LogP contribution in [-0.2, 0) is 14.8 Å². The van der Waals surface area contributed by atoms with Gasteiger partial charge in [0.15, 0.2) is 0 Å². The molecule has 0 bridgehead atoms. The van der Waals surface area contributed by atoms with E-state index in [1.165, 1.54) is 17.1 Å². The van der Waals surface area contributed by atoms with Gasteiger partial charge in [0.05, 0.1) is 17.5 Å². The summed E-state index contributed by atoms with van der Waals surface area (Å²) in [7, 11) is -3.34. The van der Waals surface area contributed by atoms with Crippen LogP contribution in [0.3, 0.4) is 0 Å². The molecule has 0 saturated heterocycles. The molecule has 2 aromatic carbocycles. The number of benzene rings is 2. The number of rotatable bonds is 6. The van der Waals surface area contributed by atoms with Gasteiger partial charge in [-0.25, -0.2) is 17.8 Å². The first-order valence-electron chi connectivity index (χ1n) is 9.09. The van der Waals surface area contributed by atoms with E-state index in [4.69, 9.17) is 0 Å². The number of anilines is 1. The van der Waals surface area contributed by atoms with E-state index < -0.39 is 10.0 Å². The Balaban J connectivity index is 1.85. The van der Waals surface area contributed by atoms with Gasteiger partial charge < -0.3 is 0 Å². The molecule has 8 heteroatoms. The van der Waals surface area contributed by atoms with Gasteiger partial charge in [0, 0.05) is 18.5 Å². The van der Waals surface area contributed by atoms with Crippen molar-refractivity contribution in [2.75, 3.05) is 10.5 Å². The summed E-state index contributed by atoms with van der Waals surface area (Å²) in [4.78, 5) is 12.4. The van der Waals surface area contributed by atoms with Crippen molar-refractivity contribution in [3.8, 4) is 0 Å².